The van der Waals surface area contributed by atoms with E-state index in [2.05, 4.69) is 0 Å². The highest BCUT2D eigenvalue weighted by atomic mass is 32.2. The number of aliphatic hydroxyl groups is 2. The highest BCUT2D eigenvalue weighted by Gasteiger charge is 2.20. The first-order valence-electron chi connectivity index (χ1n) is 5.98. The van der Waals surface area contributed by atoms with Crippen LogP contribution in [0.3, 0.4) is 0 Å². The molecule has 5 heteroatoms. The second-order valence-electron chi connectivity index (χ2n) is 4.26. The van der Waals surface area contributed by atoms with Crippen LogP contribution in [0.2, 0.25) is 0 Å². The highest BCUT2D eigenvalue weighted by Crippen LogP contribution is 2.27. The fourth-order valence-corrected chi connectivity index (χ4v) is 2.93. The summed E-state index contributed by atoms with van der Waals surface area (Å²) in [5, 5.41) is 18.7. The van der Waals surface area contributed by atoms with Gasteiger partial charge in [-0.3, -0.25) is 0 Å². The zero-order chi connectivity index (χ0) is 13.8. The molecule has 0 unspecified atom stereocenters. The van der Waals surface area contributed by atoms with E-state index >= 15 is 0 Å². The Morgan fingerprint density at radius 2 is 1.95 bits per heavy atom. The van der Waals surface area contributed by atoms with Gasteiger partial charge in [-0.2, -0.15) is 0 Å². The van der Waals surface area contributed by atoms with Gasteiger partial charge in [0.1, 0.15) is 11.9 Å². The SMILES string of the molecule is Cc1ccc([S@@](=O)c2ccoc2[C@@H](O)CCO)cc1. The molecule has 2 atom stereocenters. The summed E-state index contributed by atoms with van der Waals surface area (Å²) in [4.78, 5) is 1.11. The normalized spacial score (nSPS) is 14.3. The molecule has 0 aliphatic heterocycles. The van der Waals surface area contributed by atoms with Crippen molar-refractivity contribution in [2.75, 3.05) is 6.61 Å². The van der Waals surface area contributed by atoms with E-state index in [1.807, 2.05) is 19.1 Å². The van der Waals surface area contributed by atoms with Gasteiger partial charge < -0.3 is 14.6 Å². The molecular weight excluding hydrogens is 264 g/mol. The number of rotatable bonds is 5. The summed E-state index contributed by atoms with van der Waals surface area (Å²) < 4.78 is 17.6. The first-order chi connectivity index (χ1) is 9.13. The molecule has 1 aromatic carbocycles. The van der Waals surface area contributed by atoms with Crippen LogP contribution in [0.25, 0.3) is 0 Å². The van der Waals surface area contributed by atoms with Gasteiger partial charge >= 0.3 is 0 Å². The van der Waals surface area contributed by atoms with E-state index in [1.54, 1.807) is 18.2 Å². The second kappa shape index (κ2) is 6.14. The van der Waals surface area contributed by atoms with Gasteiger partial charge in [-0.25, -0.2) is 4.21 Å². The molecule has 0 saturated heterocycles. The van der Waals surface area contributed by atoms with Crippen LogP contribution >= 0.6 is 0 Å². The Labute approximate surface area is 114 Å². The Morgan fingerprint density at radius 3 is 2.58 bits per heavy atom. The highest BCUT2D eigenvalue weighted by molar-refractivity contribution is 7.85. The number of aryl methyl sites for hydroxylation is 1. The zero-order valence-corrected chi connectivity index (χ0v) is 11.4. The lowest BCUT2D eigenvalue weighted by Crippen LogP contribution is -2.03. The Kier molecular flexibility index (Phi) is 4.52. The first kappa shape index (κ1) is 14.0. The number of benzene rings is 1. The van der Waals surface area contributed by atoms with Crippen LogP contribution in [-0.4, -0.2) is 21.0 Å². The van der Waals surface area contributed by atoms with Crippen LogP contribution in [0, 0.1) is 6.92 Å². The monoisotopic (exact) mass is 280 g/mol. The van der Waals surface area contributed by atoms with Crippen molar-refractivity contribution in [2.45, 2.75) is 29.2 Å². The average molecular weight is 280 g/mol. The summed E-state index contributed by atoms with van der Waals surface area (Å²) in [5.41, 5.74) is 1.09. The van der Waals surface area contributed by atoms with Crippen molar-refractivity contribution in [1.82, 2.24) is 0 Å². The van der Waals surface area contributed by atoms with Crippen LogP contribution < -0.4 is 0 Å². The quantitative estimate of drug-likeness (QED) is 0.880. The molecule has 2 aromatic rings. The number of furan rings is 1. The van der Waals surface area contributed by atoms with Gasteiger partial charge in [0, 0.05) is 17.9 Å². The fraction of sp³-hybridized carbons (Fsp3) is 0.286. The van der Waals surface area contributed by atoms with Gasteiger partial charge in [0.15, 0.2) is 0 Å². The van der Waals surface area contributed by atoms with Gasteiger partial charge in [0.25, 0.3) is 0 Å². The third-order valence-electron chi connectivity index (χ3n) is 2.80. The maximum Gasteiger partial charge on any atom is 0.148 e. The Bertz CT molecular complexity index is 559. The number of hydrogen-bond donors (Lipinski definition) is 2. The van der Waals surface area contributed by atoms with Crippen molar-refractivity contribution < 1.29 is 18.8 Å². The van der Waals surface area contributed by atoms with E-state index in [1.165, 1.54) is 6.26 Å². The molecule has 1 aromatic heterocycles. The molecule has 0 spiro atoms. The second-order valence-corrected chi connectivity index (χ2v) is 5.71. The summed E-state index contributed by atoms with van der Waals surface area (Å²) in [5.74, 6) is 0.257. The van der Waals surface area contributed by atoms with Crippen LogP contribution in [0.1, 0.15) is 23.8 Å². The van der Waals surface area contributed by atoms with Gasteiger partial charge in [0.2, 0.25) is 0 Å². The Hall–Kier alpha value is -1.43. The molecule has 0 fully saturated rings. The minimum absolute atomic E-state index is 0.154. The molecule has 0 aliphatic rings. The van der Waals surface area contributed by atoms with Crippen LogP contribution in [-0.2, 0) is 10.8 Å². The van der Waals surface area contributed by atoms with Crippen LogP contribution in [0.15, 0.2) is 50.8 Å². The van der Waals surface area contributed by atoms with Gasteiger partial charge in [0.05, 0.1) is 22.0 Å². The maximum absolute atomic E-state index is 12.4. The lowest BCUT2D eigenvalue weighted by Gasteiger charge is -2.08. The molecule has 0 saturated carbocycles. The van der Waals surface area contributed by atoms with Crippen molar-refractivity contribution in [3.63, 3.8) is 0 Å². The van der Waals surface area contributed by atoms with E-state index in [0.29, 0.717) is 9.79 Å². The van der Waals surface area contributed by atoms with E-state index in [0.717, 1.165) is 5.56 Å². The molecule has 19 heavy (non-hydrogen) atoms. The third-order valence-corrected chi connectivity index (χ3v) is 4.23. The lowest BCUT2D eigenvalue weighted by atomic mass is 10.2. The minimum atomic E-state index is -1.40. The Balaban J connectivity index is 2.29. The largest absolute Gasteiger partial charge is 0.465 e. The van der Waals surface area contributed by atoms with Crippen molar-refractivity contribution in [3.05, 3.63) is 47.9 Å². The minimum Gasteiger partial charge on any atom is -0.465 e. The predicted molar refractivity (Wildman–Crippen MR) is 71.2 cm³/mol. The molecular formula is C14H16O4S. The average Bonchev–Trinajstić information content (AvgIpc) is 2.88. The number of aliphatic hydroxyl groups excluding tert-OH is 2. The molecule has 0 amide bonds. The van der Waals surface area contributed by atoms with Crippen molar-refractivity contribution >= 4 is 10.8 Å². The standard InChI is InChI=1S/C14H16O4S/c1-10-2-4-11(5-3-10)19(17)13-7-9-18-14(13)12(16)6-8-15/h2-5,7,9,12,15-16H,6,8H2,1H3/t12-,19+/m0/s1. The van der Waals surface area contributed by atoms with E-state index in [-0.39, 0.29) is 18.8 Å². The zero-order valence-electron chi connectivity index (χ0n) is 10.6. The fourth-order valence-electron chi connectivity index (χ4n) is 1.75. The lowest BCUT2D eigenvalue weighted by molar-refractivity contribution is 0.110. The molecule has 102 valence electrons. The number of hydrogen-bond acceptors (Lipinski definition) is 4. The van der Waals surface area contributed by atoms with Crippen molar-refractivity contribution in [1.29, 1.82) is 0 Å². The molecule has 0 bridgehead atoms. The van der Waals surface area contributed by atoms with Gasteiger partial charge in [-0.15, -0.1) is 0 Å². The maximum atomic E-state index is 12.4. The first-order valence-corrected chi connectivity index (χ1v) is 7.13. The topological polar surface area (TPSA) is 70.7 Å². The van der Waals surface area contributed by atoms with Crippen molar-refractivity contribution in [2.24, 2.45) is 0 Å². The van der Waals surface area contributed by atoms with Crippen LogP contribution in [0.5, 0.6) is 0 Å². The summed E-state index contributed by atoms with van der Waals surface area (Å²) in [6.45, 7) is 1.81. The molecule has 2 N–H and O–H groups in total. The molecule has 2 rings (SSSR count). The molecule has 4 nitrogen and oxygen atoms in total. The van der Waals surface area contributed by atoms with Crippen LogP contribution in [0.4, 0.5) is 0 Å². The summed E-state index contributed by atoms with van der Waals surface area (Å²) >= 11 is 0. The molecule has 0 aliphatic carbocycles. The molecule has 1 heterocycles. The van der Waals surface area contributed by atoms with Gasteiger partial charge in [-0.05, 0) is 25.1 Å². The third kappa shape index (κ3) is 3.12. The summed E-state index contributed by atoms with van der Waals surface area (Å²) in [7, 11) is -1.40. The van der Waals surface area contributed by atoms with E-state index in [9.17, 15) is 9.32 Å². The summed E-state index contributed by atoms with van der Waals surface area (Å²) in [6.07, 6.45) is 0.618. The van der Waals surface area contributed by atoms with E-state index < -0.39 is 16.9 Å². The van der Waals surface area contributed by atoms with Crippen molar-refractivity contribution in [3.8, 4) is 0 Å². The summed E-state index contributed by atoms with van der Waals surface area (Å²) in [6, 6.07) is 8.95. The Morgan fingerprint density at radius 1 is 1.26 bits per heavy atom. The van der Waals surface area contributed by atoms with Gasteiger partial charge in [-0.1, -0.05) is 17.7 Å². The predicted octanol–water partition coefficient (Wildman–Crippen LogP) is 2.17. The van der Waals surface area contributed by atoms with E-state index in [4.69, 9.17) is 9.52 Å². The molecule has 0 radical (unpaired) electrons. The smallest absolute Gasteiger partial charge is 0.148 e.